The molecule has 1 aromatic carbocycles. The second-order valence-corrected chi connectivity index (χ2v) is 6.00. The van der Waals surface area contributed by atoms with Gasteiger partial charge in [-0.15, -0.1) is 0 Å². The van der Waals surface area contributed by atoms with E-state index >= 15 is 0 Å². The topological polar surface area (TPSA) is 83.9 Å². The third kappa shape index (κ3) is 5.44. The zero-order chi connectivity index (χ0) is 19.2. The number of anilines is 1. The highest BCUT2D eigenvalue weighted by atomic mass is 19.3. The quantitative estimate of drug-likeness (QED) is 0.767. The summed E-state index contributed by atoms with van der Waals surface area (Å²) in [5.74, 6) is 0.333. The van der Waals surface area contributed by atoms with Crippen molar-refractivity contribution in [3.8, 4) is 11.6 Å². The van der Waals surface area contributed by atoms with E-state index in [2.05, 4.69) is 15.0 Å². The zero-order valence-corrected chi connectivity index (χ0v) is 14.3. The van der Waals surface area contributed by atoms with Crippen molar-refractivity contribution in [2.75, 3.05) is 18.4 Å². The number of hydrogen-bond acceptors (Lipinski definition) is 5. The monoisotopic (exact) mass is 379 g/mol. The molecule has 1 aliphatic heterocycles. The van der Waals surface area contributed by atoms with Crippen LogP contribution in [0.25, 0.3) is 0 Å². The Morgan fingerprint density at radius 2 is 2.11 bits per heavy atom. The summed E-state index contributed by atoms with van der Waals surface area (Å²) in [6.45, 7) is -1.98. The molecule has 9 heteroatoms. The van der Waals surface area contributed by atoms with Crippen LogP contribution in [0.15, 0.2) is 42.5 Å². The molecule has 0 unspecified atom stereocenters. The van der Waals surface area contributed by atoms with Gasteiger partial charge in [0.05, 0.1) is 6.54 Å². The second kappa shape index (κ2) is 8.52. The van der Waals surface area contributed by atoms with Crippen molar-refractivity contribution in [1.29, 1.82) is 0 Å². The lowest BCUT2D eigenvalue weighted by molar-refractivity contribution is -0.0500. The van der Waals surface area contributed by atoms with E-state index in [0.29, 0.717) is 25.3 Å². The minimum Gasteiger partial charge on any atom is -0.472 e. The Hall–Kier alpha value is -3.10. The van der Waals surface area contributed by atoms with Crippen LogP contribution in [0.3, 0.4) is 0 Å². The molecule has 1 amide bonds. The molecule has 2 N–H and O–H groups in total. The first-order valence-corrected chi connectivity index (χ1v) is 8.39. The normalized spacial score (nSPS) is 16.4. The van der Waals surface area contributed by atoms with Crippen LogP contribution in [0.2, 0.25) is 0 Å². The maximum Gasteiger partial charge on any atom is 0.407 e. The molecule has 1 fully saturated rings. The largest absolute Gasteiger partial charge is 0.472 e. The number of hydrogen-bond donors (Lipinski definition) is 2. The van der Waals surface area contributed by atoms with Crippen LogP contribution in [0, 0.1) is 0 Å². The van der Waals surface area contributed by atoms with Crippen LogP contribution >= 0.6 is 0 Å². The maximum absolute atomic E-state index is 12.6. The lowest BCUT2D eigenvalue weighted by atomic mass is 10.2. The number of pyridine rings is 1. The van der Waals surface area contributed by atoms with E-state index < -0.39 is 18.8 Å². The molecule has 0 spiro atoms. The van der Waals surface area contributed by atoms with E-state index in [1.54, 1.807) is 0 Å². The van der Waals surface area contributed by atoms with Crippen molar-refractivity contribution in [3.63, 3.8) is 0 Å². The van der Waals surface area contributed by atoms with Gasteiger partial charge in [-0.05, 0) is 5.56 Å². The number of likely N-dealkylation sites (tertiary alicyclic amines) is 1. The van der Waals surface area contributed by atoms with Crippen LogP contribution < -0.4 is 14.8 Å². The van der Waals surface area contributed by atoms with Crippen molar-refractivity contribution < 1.29 is 28.2 Å². The Labute approximate surface area is 154 Å². The van der Waals surface area contributed by atoms with Crippen LogP contribution in [0.1, 0.15) is 12.0 Å². The number of alkyl halides is 2. The fourth-order valence-corrected chi connectivity index (χ4v) is 2.76. The number of amides is 1. The van der Waals surface area contributed by atoms with Gasteiger partial charge in [0.15, 0.2) is 0 Å². The molecule has 0 bridgehead atoms. The first-order chi connectivity index (χ1) is 13.0. The molecule has 2 heterocycles. The number of rotatable bonds is 7. The third-order valence-electron chi connectivity index (χ3n) is 4.02. The summed E-state index contributed by atoms with van der Waals surface area (Å²) in [6, 6.07) is 12.1. The Bertz CT molecular complexity index is 776. The second-order valence-electron chi connectivity index (χ2n) is 6.00. The molecule has 0 radical (unpaired) electrons. The predicted molar refractivity (Wildman–Crippen MR) is 93.3 cm³/mol. The molecule has 2 aromatic rings. The van der Waals surface area contributed by atoms with E-state index in [-0.39, 0.29) is 18.2 Å². The molecule has 27 heavy (non-hydrogen) atoms. The minimum absolute atomic E-state index is 0.0846. The van der Waals surface area contributed by atoms with Crippen molar-refractivity contribution in [2.24, 2.45) is 0 Å². The molecule has 3 rings (SSSR count). The van der Waals surface area contributed by atoms with Gasteiger partial charge in [0.25, 0.3) is 0 Å². The summed E-state index contributed by atoms with van der Waals surface area (Å²) < 4.78 is 35.4. The van der Waals surface area contributed by atoms with Gasteiger partial charge in [0.2, 0.25) is 5.88 Å². The Morgan fingerprint density at radius 3 is 2.78 bits per heavy atom. The molecule has 0 aliphatic carbocycles. The minimum atomic E-state index is -2.98. The summed E-state index contributed by atoms with van der Waals surface area (Å²) in [5.41, 5.74) is 0.995. The molecule has 1 aliphatic rings. The summed E-state index contributed by atoms with van der Waals surface area (Å²) in [5, 5.41) is 12.1. The molecule has 1 atom stereocenters. The van der Waals surface area contributed by atoms with Crippen molar-refractivity contribution >= 4 is 11.9 Å². The zero-order valence-electron chi connectivity index (χ0n) is 14.3. The average Bonchev–Trinajstić information content (AvgIpc) is 3.09. The highest BCUT2D eigenvalue weighted by Crippen LogP contribution is 2.26. The molecule has 1 aromatic heterocycles. The number of benzene rings is 1. The third-order valence-corrected chi connectivity index (χ3v) is 4.02. The number of carboxylic acid groups (broad SMARTS) is 1. The van der Waals surface area contributed by atoms with E-state index in [9.17, 15) is 13.6 Å². The first-order valence-electron chi connectivity index (χ1n) is 8.39. The van der Waals surface area contributed by atoms with Gasteiger partial charge < -0.3 is 24.8 Å². The van der Waals surface area contributed by atoms with Crippen LogP contribution in [-0.4, -0.2) is 46.9 Å². The maximum atomic E-state index is 12.6. The van der Waals surface area contributed by atoms with Gasteiger partial charge in [-0.25, -0.2) is 4.79 Å². The number of carbonyl (C=O) groups is 1. The number of nitrogens with one attached hydrogen (secondary N) is 1. The van der Waals surface area contributed by atoms with Crippen molar-refractivity contribution in [1.82, 2.24) is 9.88 Å². The number of halogens is 2. The van der Waals surface area contributed by atoms with E-state index in [1.165, 1.54) is 17.0 Å². The van der Waals surface area contributed by atoms with Crippen molar-refractivity contribution in [3.05, 3.63) is 48.0 Å². The van der Waals surface area contributed by atoms with Crippen molar-refractivity contribution in [2.45, 2.75) is 25.7 Å². The summed E-state index contributed by atoms with van der Waals surface area (Å²) >= 11 is 0. The molecule has 1 saturated heterocycles. The highest BCUT2D eigenvalue weighted by Gasteiger charge is 2.27. The Balaban J connectivity index is 1.71. The van der Waals surface area contributed by atoms with E-state index in [1.807, 2.05) is 30.3 Å². The van der Waals surface area contributed by atoms with Gasteiger partial charge in [-0.3, -0.25) is 0 Å². The standard InChI is InChI=1S/C18H19F2N3O4/c19-17(20)27-14-8-15(21-10-12-4-2-1-3-5-12)22-16(9-14)26-13-6-7-23(11-13)18(24)25/h1-5,8-9,13,17H,6-7,10-11H2,(H,21,22)(H,24,25)/t13-/m0/s1. The Kier molecular flexibility index (Phi) is 5.90. The fourth-order valence-electron chi connectivity index (χ4n) is 2.76. The molecular weight excluding hydrogens is 360 g/mol. The van der Waals surface area contributed by atoms with Gasteiger partial charge in [-0.2, -0.15) is 13.8 Å². The van der Waals surface area contributed by atoms with Gasteiger partial charge in [-0.1, -0.05) is 30.3 Å². The van der Waals surface area contributed by atoms with E-state index in [4.69, 9.17) is 9.84 Å². The predicted octanol–water partition coefficient (Wildman–Crippen LogP) is 3.43. The van der Waals surface area contributed by atoms with Crippen LogP contribution in [0.5, 0.6) is 11.6 Å². The molecule has 144 valence electrons. The summed E-state index contributed by atoms with van der Waals surface area (Å²) in [7, 11) is 0. The number of ether oxygens (including phenoxy) is 2. The van der Waals surface area contributed by atoms with Gasteiger partial charge in [0, 0.05) is 31.6 Å². The molecular formula is C18H19F2N3O4. The first kappa shape index (κ1) is 18.7. The average molecular weight is 379 g/mol. The molecule has 7 nitrogen and oxygen atoms in total. The summed E-state index contributed by atoms with van der Waals surface area (Å²) in [4.78, 5) is 16.5. The summed E-state index contributed by atoms with van der Waals surface area (Å²) in [6.07, 6.45) is -0.910. The van der Waals surface area contributed by atoms with Crippen LogP contribution in [-0.2, 0) is 6.54 Å². The number of nitrogens with zero attached hydrogens (tertiary/aromatic N) is 2. The number of aromatic nitrogens is 1. The Morgan fingerprint density at radius 1 is 1.33 bits per heavy atom. The van der Waals surface area contributed by atoms with E-state index in [0.717, 1.165) is 5.56 Å². The SMILES string of the molecule is O=C(O)N1CC[C@H](Oc2cc(OC(F)F)cc(NCc3ccccc3)n2)C1. The van der Waals surface area contributed by atoms with Gasteiger partial charge >= 0.3 is 12.7 Å². The lowest BCUT2D eigenvalue weighted by Crippen LogP contribution is -2.29. The smallest absolute Gasteiger partial charge is 0.407 e. The lowest BCUT2D eigenvalue weighted by Gasteiger charge is -2.16. The highest BCUT2D eigenvalue weighted by molar-refractivity contribution is 5.65. The van der Waals surface area contributed by atoms with Gasteiger partial charge in [0.1, 0.15) is 17.7 Å². The van der Waals surface area contributed by atoms with Crippen LogP contribution in [0.4, 0.5) is 19.4 Å². The fraction of sp³-hybridized carbons (Fsp3) is 0.333. The molecule has 0 saturated carbocycles.